The Morgan fingerprint density at radius 1 is 0.379 bits per heavy atom. The minimum absolute atomic E-state index is 0.473. The van der Waals surface area contributed by atoms with Gasteiger partial charge in [-0.1, -0.05) is 103 Å². The zero-order valence-corrected chi connectivity index (χ0v) is 30.8. The highest BCUT2D eigenvalue weighted by Crippen LogP contribution is 2.44. The average molecular weight is 737 g/mol. The summed E-state index contributed by atoms with van der Waals surface area (Å²) in [4.78, 5) is 3.68. The smallest absolute Gasteiger partial charge is 0.187 e. The number of hydrogen-bond donors (Lipinski definition) is 0. The van der Waals surface area contributed by atoms with Crippen LogP contribution < -0.4 is 0 Å². The standard InChI is InChI=1S/C52H28N6/c1-56-41-14-8-12-37(27-41)39-20-22-45-43-16-3-5-18-47(43)58(49(45)29-39)51-26-35(32-55)25-50(52(51)40-13-7-10-34(24-40)31-54)57-46-17-4-2-15-42(46)44-21-19-38(28-48(44)57)36-11-6-9-33(23-36)30-53/h2-29H. The van der Waals surface area contributed by atoms with Gasteiger partial charge in [-0.05, 0) is 94.5 Å². The summed E-state index contributed by atoms with van der Waals surface area (Å²) < 4.78 is 4.47. The molecule has 58 heavy (non-hydrogen) atoms. The molecule has 0 fully saturated rings. The number of para-hydroxylation sites is 2. The van der Waals surface area contributed by atoms with Crippen molar-refractivity contribution in [2.45, 2.75) is 0 Å². The van der Waals surface area contributed by atoms with E-state index in [4.69, 9.17) is 6.57 Å². The SMILES string of the molecule is [C-]#[N+]c1cccc(-c2ccc3c4ccccc4n(-c4cc(C#N)cc(-n5c6ccccc6c6ccc(-c7cccc(C#N)c7)cc65)c4-c4cccc(C#N)c4)c3c2)c1. The van der Waals surface area contributed by atoms with E-state index in [0.717, 1.165) is 88.4 Å². The van der Waals surface area contributed by atoms with Crippen molar-refractivity contribution in [1.29, 1.82) is 15.8 Å². The van der Waals surface area contributed by atoms with Crippen LogP contribution in [0.4, 0.5) is 5.69 Å². The molecule has 0 spiro atoms. The van der Waals surface area contributed by atoms with E-state index in [1.807, 2.05) is 97.1 Å². The third-order valence-electron chi connectivity index (χ3n) is 11.0. The van der Waals surface area contributed by atoms with Gasteiger partial charge in [0.1, 0.15) is 0 Å². The Morgan fingerprint density at radius 3 is 1.36 bits per heavy atom. The maximum Gasteiger partial charge on any atom is 0.187 e. The summed E-state index contributed by atoms with van der Waals surface area (Å²) in [5.41, 5.74) is 12.9. The van der Waals surface area contributed by atoms with Crippen molar-refractivity contribution >= 4 is 49.3 Å². The second kappa shape index (κ2) is 13.6. The predicted octanol–water partition coefficient (Wildman–Crippen LogP) is 13.0. The molecule has 0 aliphatic rings. The van der Waals surface area contributed by atoms with Gasteiger partial charge < -0.3 is 9.13 Å². The van der Waals surface area contributed by atoms with Crippen molar-refractivity contribution in [2.75, 3.05) is 0 Å². The third-order valence-corrected chi connectivity index (χ3v) is 11.0. The molecule has 2 heterocycles. The number of rotatable bonds is 5. The second-order valence-electron chi connectivity index (χ2n) is 14.2. The highest BCUT2D eigenvalue weighted by atomic mass is 15.0. The molecule has 0 bridgehead atoms. The Hall–Kier alpha value is -8.68. The summed E-state index contributed by atoms with van der Waals surface area (Å²) in [5.74, 6) is 0. The lowest BCUT2D eigenvalue weighted by Gasteiger charge is -2.21. The van der Waals surface area contributed by atoms with E-state index in [2.05, 4.69) is 92.9 Å². The molecule has 0 unspecified atom stereocenters. The van der Waals surface area contributed by atoms with E-state index < -0.39 is 0 Å². The topological polar surface area (TPSA) is 85.6 Å². The van der Waals surface area contributed by atoms with Crippen molar-refractivity contribution in [1.82, 2.24) is 9.13 Å². The van der Waals surface area contributed by atoms with E-state index in [0.29, 0.717) is 22.4 Å². The minimum atomic E-state index is 0.473. The fourth-order valence-electron chi connectivity index (χ4n) is 8.41. The molecule has 0 N–H and O–H groups in total. The highest BCUT2D eigenvalue weighted by molar-refractivity contribution is 6.13. The molecule has 0 radical (unpaired) electrons. The zero-order chi connectivity index (χ0) is 39.3. The second-order valence-corrected chi connectivity index (χ2v) is 14.2. The lowest BCUT2D eigenvalue weighted by Crippen LogP contribution is -2.05. The first-order valence-electron chi connectivity index (χ1n) is 18.7. The van der Waals surface area contributed by atoms with Gasteiger partial charge in [0.15, 0.2) is 5.69 Å². The molecular formula is C52H28N6. The molecule has 0 saturated carbocycles. The van der Waals surface area contributed by atoms with E-state index in [-0.39, 0.29) is 0 Å². The van der Waals surface area contributed by atoms with Crippen LogP contribution in [0.5, 0.6) is 0 Å². The third kappa shape index (κ3) is 5.38. The molecule has 0 atom stereocenters. The van der Waals surface area contributed by atoms with Gasteiger partial charge >= 0.3 is 0 Å². The van der Waals surface area contributed by atoms with Gasteiger partial charge in [0.2, 0.25) is 0 Å². The summed E-state index contributed by atoms with van der Waals surface area (Å²) >= 11 is 0. The fraction of sp³-hybridized carbons (Fsp3) is 0. The molecule has 0 aliphatic carbocycles. The largest absolute Gasteiger partial charge is 0.308 e. The van der Waals surface area contributed by atoms with Gasteiger partial charge in [-0.25, -0.2) is 4.85 Å². The van der Waals surface area contributed by atoms with Crippen LogP contribution in [-0.2, 0) is 0 Å². The maximum atomic E-state index is 10.8. The number of fused-ring (bicyclic) bond motifs is 6. The lowest BCUT2D eigenvalue weighted by atomic mass is 9.96. The summed E-state index contributed by atoms with van der Waals surface area (Å²) in [6.07, 6.45) is 0. The average Bonchev–Trinajstić information content (AvgIpc) is 3.80. The molecule has 6 heteroatoms. The van der Waals surface area contributed by atoms with Crippen LogP contribution in [0, 0.1) is 40.6 Å². The Kier molecular flexibility index (Phi) is 7.92. The quantitative estimate of drug-likeness (QED) is 0.165. The molecule has 266 valence electrons. The molecule has 2 aromatic heterocycles. The van der Waals surface area contributed by atoms with Crippen LogP contribution in [0.25, 0.3) is 93.2 Å². The van der Waals surface area contributed by atoms with E-state index >= 15 is 0 Å². The van der Waals surface area contributed by atoms with Crippen LogP contribution in [0.2, 0.25) is 0 Å². The van der Waals surface area contributed by atoms with E-state index in [9.17, 15) is 15.8 Å². The predicted molar refractivity (Wildman–Crippen MR) is 232 cm³/mol. The molecule has 8 aromatic carbocycles. The maximum absolute atomic E-state index is 10.8. The van der Waals surface area contributed by atoms with Crippen molar-refractivity contribution in [3.63, 3.8) is 0 Å². The lowest BCUT2D eigenvalue weighted by molar-refractivity contribution is 1.13. The summed E-state index contributed by atoms with van der Waals surface area (Å²) in [6, 6.07) is 63.2. The van der Waals surface area contributed by atoms with E-state index in [1.165, 1.54) is 0 Å². The Balaban J connectivity index is 1.36. The van der Waals surface area contributed by atoms with Gasteiger partial charge in [0.25, 0.3) is 0 Å². The minimum Gasteiger partial charge on any atom is -0.308 e. The first kappa shape index (κ1) is 33.9. The Bertz CT molecular complexity index is 3320. The van der Waals surface area contributed by atoms with Crippen LogP contribution in [0.1, 0.15) is 16.7 Å². The molecule has 10 aromatic rings. The van der Waals surface area contributed by atoms with Gasteiger partial charge in [0.05, 0.1) is 74.9 Å². The van der Waals surface area contributed by atoms with Crippen LogP contribution in [0.3, 0.4) is 0 Å². The van der Waals surface area contributed by atoms with Crippen molar-refractivity contribution < 1.29 is 0 Å². The summed E-state index contributed by atoms with van der Waals surface area (Å²) in [7, 11) is 0. The number of nitrogens with zero attached hydrogens (tertiary/aromatic N) is 6. The first-order chi connectivity index (χ1) is 28.6. The normalized spacial score (nSPS) is 11.0. The Morgan fingerprint density at radius 2 is 0.828 bits per heavy atom. The molecule has 6 nitrogen and oxygen atoms in total. The number of benzene rings is 8. The number of aromatic nitrogens is 2. The van der Waals surface area contributed by atoms with Crippen LogP contribution in [0.15, 0.2) is 170 Å². The molecular weight excluding hydrogens is 709 g/mol. The van der Waals surface area contributed by atoms with Gasteiger partial charge in [-0.15, -0.1) is 0 Å². The monoisotopic (exact) mass is 736 g/mol. The van der Waals surface area contributed by atoms with Crippen molar-refractivity contribution in [3.05, 3.63) is 198 Å². The molecule has 10 rings (SSSR count). The summed E-state index contributed by atoms with van der Waals surface area (Å²) in [6.45, 7) is 7.64. The number of hydrogen-bond acceptors (Lipinski definition) is 3. The number of nitriles is 3. The van der Waals surface area contributed by atoms with Gasteiger partial charge in [0, 0.05) is 27.1 Å². The van der Waals surface area contributed by atoms with Crippen LogP contribution in [-0.4, -0.2) is 9.13 Å². The Labute approximate surface area is 334 Å². The fourth-order valence-corrected chi connectivity index (χ4v) is 8.41. The molecule has 0 amide bonds. The van der Waals surface area contributed by atoms with Gasteiger partial charge in [-0.3, -0.25) is 0 Å². The molecule has 0 aliphatic heterocycles. The van der Waals surface area contributed by atoms with Crippen LogP contribution >= 0.6 is 0 Å². The van der Waals surface area contributed by atoms with E-state index in [1.54, 1.807) is 12.1 Å². The first-order valence-corrected chi connectivity index (χ1v) is 18.7. The highest BCUT2D eigenvalue weighted by Gasteiger charge is 2.24. The van der Waals surface area contributed by atoms with Crippen molar-refractivity contribution in [3.8, 4) is 63.0 Å². The summed E-state index contributed by atoms with van der Waals surface area (Å²) in [5, 5.41) is 34.9. The van der Waals surface area contributed by atoms with Gasteiger partial charge in [-0.2, -0.15) is 15.8 Å². The molecule has 0 saturated heterocycles. The van der Waals surface area contributed by atoms with Crippen molar-refractivity contribution in [2.24, 2.45) is 0 Å². The zero-order valence-electron chi connectivity index (χ0n) is 30.8.